The van der Waals surface area contributed by atoms with Crippen LogP contribution in [0.25, 0.3) is 0 Å². The molecule has 0 aromatic carbocycles. The monoisotopic (exact) mass is 183 g/mol. The van der Waals surface area contributed by atoms with Crippen molar-refractivity contribution in [3.05, 3.63) is 11.6 Å². The van der Waals surface area contributed by atoms with Gasteiger partial charge in [0, 0.05) is 18.7 Å². The van der Waals surface area contributed by atoms with E-state index < -0.39 is 5.97 Å². The van der Waals surface area contributed by atoms with Gasteiger partial charge in [0.15, 0.2) is 0 Å². The Kier molecular flexibility index (Phi) is 3.09. The van der Waals surface area contributed by atoms with Crippen molar-refractivity contribution in [2.75, 3.05) is 13.1 Å². The molecule has 1 fully saturated rings. The van der Waals surface area contributed by atoms with E-state index in [0.29, 0.717) is 17.5 Å². The van der Waals surface area contributed by atoms with Crippen molar-refractivity contribution in [1.82, 2.24) is 5.32 Å². The number of carboxylic acids is 1. The van der Waals surface area contributed by atoms with Crippen LogP contribution in [0.4, 0.5) is 0 Å². The molecule has 0 heterocycles. The summed E-state index contributed by atoms with van der Waals surface area (Å²) in [6, 6.07) is 0. The van der Waals surface area contributed by atoms with E-state index in [-0.39, 0.29) is 0 Å². The second-order valence-electron chi connectivity index (χ2n) is 4.13. The van der Waals surface area contributed by atoms with Crippen LogP contribution in [-0.4, -0.2) is 24.2 Å². The van der Waals surface area contributed by atoms with E-state index in [0.717, 1.165) is 6.54 Å². The van der Waals surface area contributed by atoms with Crippen molar-refractivity contribution in [2.45, 2.75) is 26.7 Å². The van der Waals surface area contributed by atoms with Gasteiger partial charge in [-0.1, -0.05) is 13.0 Å². The quantitative estimate of drug-likeness (QED) is 0.500. The summed E-state index contributed by atoms with van der Waals surface area (Å²) in [6.07, 6.45) is 4.30. The molecule has 0 aromatic rings. The fourth-order valence-electron chi connectivity index (χ4n) is 1.08. The predicted molar refractivity (Wildman–Crippen MR) is 51.6 cm³/mol. The van der Waals surface area contributed by atoms with Crippen LogP contribution in [0.2, 0.25) is 0 Å². The SMILES string of the molecule is CC(=CCNCC1(C)CC1)C(=O)O. The predicted octanol–water partition coefficient (Wildman–Crippen LogP) is 1.41. The maximum Gasteiger partial charge on any atom is 0.330 e. The molecule has 0 aliphatic heterocycles. The summed E-state index contributed by atoms with van der Waals surface area (Å²) in [5, 5.41) is 11.8. The molecule has 3 nitrogen and oxygen atoms in total. The maximum atomic E-state index is 10.4. The Balaban J connectivity index is 2.13. The highest BCUT2D eigenvalue weighted by Gasteiger charge is 2.36. The molecule has 1 saturated carbocycles. The maximum absolute atomic E-state index is 10.4. The molecule has 13 heavy (non-hydrogen) atoms. The highest BCUT2D eigenvalue weighted by atomic mass is 16.4. The van der Waals surface area contributed by atoms with Crippen molar-refractivity contribution in [2.24, 2.45) is 5.41 Å². The molecular weight excluding hydrogens is 166 g/mol. The topological polar surface area (TPSA) is 49.3 Å². The zero-order valence-electron chi connectivity index (χ0n) is 8.26. The van der Waals surface area contributed by atoms with E-state index in [1.54, 1.807) is 13.0 Å². The summed E-state index contributed by atoms with van der Waals surface area (Å²) >= 11 is 0. The van der Waals surface area contributed by atoms with Gasteiger partial charge < -0.3 is 10.4 Å². The van der Waals surface area contributed by atoms with Gasteiger partial charge in [0.05, 0.1) is 0 Å². The van der Waals surface area contributed by atoms with E-state index >= 15 is 0 Å². The first-order valence-electron chi connectivity index (χ1n) is 4.64. The third-order valence-electron chi connectivity index (χ3n) is 2.55. The summed E-state index contributed by atoms with van der Waals surface area (Å²) < 4.78 is 0. The molecule has 0 saturated heterocycles. The van der Waals surface area contributed by atoms with E-state index in [1.165, 1.54) is 12.8 Å². The minimum absolute atomic E-state index is 0.411. The van der Waals surface area contributed by atoms with Crippen LogP contribution < -0.4 is 5.32 Å². The Labute approximate surface area is 78.8 Å². The second-order valence-corrected chi connectivity index (χ2v) is 4.13. The molecule has 0 bridgehead atoms. The van der Waals surface area contributed by atoms with Gasteiger partial charge in [-0.05, 0) is 25.2 Å². The van der Waals surface area contributed by atoms with E-state index in [2.05, 4.69) is 12.2 Å². The normalized spacial score (nSPS) is 20.0. The average molecular weight is 183 g/mol. The van der Waals surface area contributed by atoms with Crippen molar-refractivity contribution in [1.29, 1.82) is 0 Å². The molecule has 0 radical (unpaired) electrons. The van der Waals surface area contributed by atoms with Crippen LogP contribution in [0.3, 0.4) is 0 Å². The molecule has 0 spiro atoms. The van der Waals surface area contributed by atoms with Crippen LogP contribution in [0.5, 0.6) is 0 Å². The lowest BCUT2D eigenvalue weighted by atomic mass is 10.1. The van der Waals surface area contributed by atoms with Crippen LogP contribution >= 0.6 is 0 Å². The Morgan fingerprint density at radius 1 is 1.62 bits per heavy atom. The minimum Gasteiger partial charge on any atom is -0.478 e. The highest BCUT2D eigenvalue weighted by molar-refractivity contribution is 5.85. The van der Waals surface area contributed by atoms with E-state index in [1.807, 2.05) is 0 Å². The first-order chi connectivity index (χ1) is 6.03. The smallest absolute Gasteiger partial charge is 0.330 e. The van der Waals surface area contributed by atoms with Crippen LogP contribution in [-0.2, 0) is 4.79 Å². The molecule has 0 unspecified atom stereocenters. The van der Waals surface area contributed by atoms with Gasteiger partial charge in [0.1, 0.15) is 0 Å². The van der Waals surface area contributed by atoms with Crippen LogP contribution in [0.1, 0.15) is 26.7 Å². The third-order valence-corrected chi connectivity index (χ3v) is 2.55. The van der Waals surface area contributed by atoms with Gasteiger partial charge in [0.2, 0.25) is 0 Å². The van der Waals surface area contributed by atoms with Gasteiger partial charge in [-0.3, -0.25) is 0 Å². The standard InChI is InChI=1S/C10H17NO2/c1-8(9(12)13)3-6-11-7-10(2)4-5-10/h3,11H,4-7H2,1-2H3,(H,12,13). The molecule has 1 rings (SSSR count). The van der Waals surface area contributed by atoms with Gasteiger partial charge >= 0.3 is 5.97 Å². The minimum atomic E-state index is -0.834. The number of hydrogen-bond acceptors (Lipinski definition) is 2. The number of aliphatic carboxylic acids is 1. The first kappa shape index (κ1) is 10.3. The lowest BCUT2D eigenvalue weighted by Gasteiger charge is -2.07. The van der Waals surface area contributed by atoms with Crippen LogP contribution in [0, 0.1) is 5.41 Å². The third kappa shape index (κ3) is 3.59. The molecule has 74 valence electrons. The molecule has 0 amide bonds. The number of hydrogen-bond donors (Lipinski definition) is 2. The lowest BCUT2D eigenvalue weighted by molar-refractivity contribution is -0.132. The number of nitrogens with one attached hydrogen (secondary N) is 1. The zero-order valence-corrected chi connectivity index (χ0v) is 8.26. The second kappa shape index (κ2) is 3.92. The van der Waals surface area contributed by atoms with Crippen molar-refractivity contribution in [3.8, 4) is 0 Å². The lowest BCUT2D eigenvalue weighted by Crippen LogP contribution is -2.22. The zero-order chi connectivity index (χ0) is 9.90. The Morgan fingerprint density at radius 2 is 2.23 bits per heavy atom. The summed E-state index contributed by atoms with van der Waals surface area (Å²) in [7, 11) is 0. The Bertz CT molecular complexity index is 229. The summed E-state index contributed by atoms with van der Waals surface area (Å²) in [5.74, 6) is -0.834. The van der Waals surface area contributed by atoms with Crippen LogP contribution in [0.15, 0.2) is 11.6 Å². The largest absolute Gasteiger partial charge is 0.478 e. The molecule has 1 aliphatic carbocycles. The fraction of sp³-hybridized carbons (Fsp3) is 0.700. The molecule has 0 aromatic heterocycles. The number of rotatable bonds is 5. The average Bonchev–Trinajstić information content (AvgIpc) is 2.78. The molecule has 1 aliphatic rings. The molecule has 0 atom stereocenters. The van der Waals surface area contributed by atoms with Gasteiger partial charge in [0.25, 0.3) is 0 Å². The van der Waals surface area contributed by atoms with Crippen molar-refractivity contribution >= 4 is 5.97 Å². The van der Waals surface area contributed by atoms with E-state index in [4.69, 9.17) is 5.11 Å². The van der Waals surface area contributed by atoms with Crippen molar-refractivity contribution in [3.63, 3.8) is 0 Å². The molecule has 3 heteroatoms. The molecular formula is C10H17NO2. The summed E-state index contributed by atoms with van der Waals surface area (Å²) in [5.41, 5.74) is 0.902. The first-order valence-corrected chi connectivity index (χ1v) is 4.64. The number of carbonyl (C=O) groups is 1. The number of carboxylic acid groups (broad SMARTS) is 1. The van der Waals surface area contributed by atoms with Gasteiger partial charge in [-0.25, -0.2) is 4.79 Å². The Hall–Kier alpha value is -0.830. The Morgan fingerprint density at radius 3 is 2.69 bits per heavy atom. The summed E-state index contributed by atoms with van der Waals surface area (Å²) in [4.78, 5) is 10.4. The van der Waals surface area contributed by atoms with E-state index in [9.17, 15) is 4.79 Å². The van der Waals surface area contributed by atoms with Crippen molar-refractivity contribution < 1.29 is 9.90 Å². The molecule has 2 N–H and O–H groups in total. The fourth-order valence-corrected chi connectivity index (χ4v) is 1.08. The van der Waals surface area contributed by atoms with Gasteiger partial charge in [-0.15, -0.1) is 0 Å². The summed E-state index contributed by atoms with van der Waals surface area (Å²) in [6.45, 7) is 5.51. The van der Waals surface area contributed by atoms with Gasteiger partial charge in [-0.2, -0.15) is 0 Å². The highest BCUT2D eigenvalue weighted by Crippen LogP contribution is 2.43.